The largest absolute Gasteiger partial charge is 0.296 e. The maximum atomic E-state index is 4.33. The molecule has 0 radical (unpaired) electrons. The summed E-state index contributed by atoms with van der Waals surface area (Å²) in [6, 6.07) is 0. The molecule has 1 fully saturated rings. The van der Waals surface area contributed by atoms with Crippen molar-refractivity contribution in [3.8, 4) is 0 Å². The zero-order valence-corrected chi connectivity index (χ0v) is 8.72. The lowest BCUT2D eigenvalue weighted by Gasteiger charge is -2.28. The Morgan fingerprint density at radius 1 is 1.46 bits per heavy atom. The highest BCUT2D eigenvalue weighted by Crippen LogP contribution is 2.17. The summed E-state index contributed by atoms with van der Waals surface area (Å²) in [5.41, 5.74) is 1.26. The standard InChI is InChI=1S/C10H16N2S/c1-13-7-5-12(6-8-13)9-10-3-2-4-11-10/h3-4H,1-2,5-9H2. The Morgan fingerprint density at radius 3 is 2.85 bits per heavy atom. The third-order valence-electron chi connectivity index (χ3n) is 2.49. The first-order valence-corrected chi connectivity index (χ1v) is 6.49. The van der Waals surface area contributed by atoms with Gasteiger partial charge in [-0.15, -0.1) is 0 Å². The van der Waals surface area contributed by atoms with Gasteiger partial charge in [0.15, 0.2) is 0 Å². The van der Waals surface area contributed by atoms with Crippen LogP contribution >= 0.6 is 10.5 Å². The van der Waals surface area contributed by atoms with Gasteiger partial charge in [-0.25, -0.2) is 0 Å². The van der Waals surface area contributed by atoms with Crippen LogP contribution in [0.4, 0.5) is 0 Å². The van der Waals surface area contributed by atoms with Crippen molar-refractivity contribution in [2.75, 3.05) is 31.1 Å². The Morgan fingerprint density at radius 2 is 2.23 bits per heavy atom. The minimum atomic E-state index is 0.436. The van der Waals surface area contributed by atoms with Crippen LogP contribution in [0.25, 0.3) is 0 Å². The molecule has 1 saturated heterocycles. The molecule has 13 heavy (non-hydrogen) atoms. The first-order valence-electron chi connectivity index (χ1n) is 4.76. The summed E-state index contributed by atoms with van der Waals surface area (Å²) in [6.07, 6.45) is 5.24. The number of nitrogens with zero attached hydrogens (tertiary/aromatic N) is 2. The quantitative estimate of drug-likeness (QED) is 0.609. The van der Waals surface area contributed by atoms with Crippen molar-refractivity contribution in [1.82, 2.24) is 4.90 Å². The van der Waals surface area contributed by atoms with Crippen molar-refractivity contribution < 1.29 is 0 Å². The number of allylic oxidation sites excluding steroid dienone is 1. The third-order valence-corrected chi connectivity index (χ3v) is 4.01. The van der Waals surface area contributed by atoms with E-state index in [0.29, 0.717) is 10.5 Å². The van der Waals surface area contributed by atoms with Crippen molar-refractivity contribution >= 4 is 22.6 Å². The molecule has 0 unspecified atom stereocenters. The fourth-order valence-corrected chi connectivity index (χ4v) is 2.87. The van der Waals surface area contributed by atoms with Crippen LogP contribution in [0.5, 0.6) is 0 Å². The number of aliphatic imine (C=N–C) groups is 1. The summed E-state index contributed by atoms with van der Waals surface area (Å²) in [6.45, 7) is 3.46. The molecule has 2 nitrogen and oxygen atoms in total. The van der Waals surface area contributed by atoms with Crippen molar-refractivity contribution in [1.29, 1.82) is 0 Å². The average Bonchev–Trinajstić information content (AvgIpc) is 2.62. The molecule has 72 valence electrons. The van der Waals surface area contributed by atoms with Gasteiger partial charge in [-0.2, -0.15) is 10.5 Å². The van der Waals surface area contributed by atoms with Crippen LogP contribution in [0.2, 0.25) is 0 Å². The van der Waals surface area contributed by atoms with E-state index in [2.05, 4.69) is 21.8 Å². The molecule has 0 atom stereocenters. The summed E-state index contributed by atoms with van der Waals surface area (Å²) in [5, 5.41) is 0. The van der Waals surface area contributed by atoms with E-state index in [9.17, 15) is 0 Å². The average molecular weight is 196 g/mol. The van der Waals surface area contributed by atoms with Gasteiger partial charge >= 0.3 is 0 Å². The smallest absolute Gasteiger partial charge is 0.0504 e. The van der Waals surface area contributed by atoms with E-state index < -0.39 is 0 Å². The lowest BCUT2D eigenvalue weighted by Crippen LogP contribution is -2.34. The van der Waals surface area contributed by atoms with Crippen LogP contribution in [0.1, 0.15) is 6.42 Å². The Kier molecular flexibility index (Phi) is 2.96. The van der Waals surface area contributed by atoms with Crippen molar-refractivity contribution in [2.24, 2.45) is 4.99 Å². The zero-order valence-electron chi connectivity index (χ0n) is 7.91. The molecule has 0 N–H and O–H groups in total. The molecule has 2 aliphatic rings. The molecule has 0 bridgehead atoms. The molecule has 0 aromatic rings. The second kappa shape index (κ2) is 4.20. The van der Waals surface area contributed by atoms with Crippen molar-refractivity contribution in [3.63, 3.8) is 0 Å². The molecule has 0 aromatic heterocycles. The molecule has 3 heteroatoms. The summed E-state index contributed by atoms with van der Waals surface area (Å²) in [4.78, 5) is 6.82. The van der Waals surface area contributed by atoms with Gasteiger partial charge in [0.05, 0.1) is 5.70 Å². The molecule has 0 amide bonds. The molecule has 0 saturated carbocycles. The van der Waals surface area contributed by atoms with Gasteiger partial charge in [0.1, 0.15) is 0 Å². The van der Waals surface area contributed by atoms with Gasteiger partial charge in [0.2, 0.25) is 0 Å². The molecule has 0 aromatic carbocycles. The van der Waals surface area contributed by atoms with E-state index in [1.807, 2.05) is 6.21 Å². The topological polar surface area (TPSA) is 15.6 Å². The molecule has 2 rings (SSSR count). The maximum absolute atomic E-state index is 4.33. The van der Waals surface area contributed by atoms with Gasteiger partial charge in [-0.3, -0.25) is 9.89 Å². The summed E-state index contributed by atoms with van der Waals surface area (Å²) >= 11 is 0. The van der Waals surface area contributed by atoms with Crippen molar-refractivity contribution in [3.05, 3.63) is 11.8 Å². The molecule has 0 spiro atoms. The SMILES string of the molecule is C=S1CCN(CC2=CCC=N2)CC1. The van der Waals surface area contributed by atoms with Crippen LogP contribution in [0.3, 0.4) is 0 Å². The molecular formula is C10H16N2S. The highest BCUT2D eigenvalue weighted by molar-refractivity contribution is 8.14. The van der Waals surface area contributed by atoms with E-state index in [1.165, 1.54) is 30.3 Å². The number of hydrogen-bond donors (Lipinski definition) is 0. The Hall–Kier alpha value is -0.410. The number of rotatable bonds is 2. The van der Waals surface area contributed by atoms with E-state index in [0.717, 1.165) is 13.0 Å². The molecule has 0 aliphatic carbocycles. The minimum absolute atomic E-state index is 0.436. The Bertz CT molecular complexity index is 258. The highest BCUT2D eigenvalue weighted by atomic mass is 32.2. The Labute approximate surface area is 82.3 Å². The first kappa shape index (κ1) is 9.16. The van der Waals surface area contributed by atoms with Gasteiger partial charge in [-0.05, 0) is 0 Å². The first-order chi connectivity index (χ1) is 6.34. The predicted octanol–water partition coefficient (Wildman–Crippen LogP) is 1.36. The van der Waals surface area contributed by atoms with Gasteiger partial charge in [-0.1, -0.05) is 11.9 Å². The zero-order chi connectivity index (χ0) is 9.10. The van der Waals surface area contributed by atoms with Crippen LogP contribution in [0, 0.1) is 0 Å². The predicted molar refractivity (Wildman–Crippen MR) is 62.1 cm³/mol. The maximum Gasteiger partial charge on any atom is 0.0504 e. The fourth-order valence-electron chi connectivity index (χ4n) is 1.63. The van der Waals surface area contributed by atoms with Gasteiger partial charge in [0.25, 0.3) is 0 Å². The van der Waals surface area contributed by atoms with Crippen LogP contribution < -0.4 is 0 Å². The molecule has 2 aliphatic heterocycles. The van der Waals surface area contributed by atoms with E-state index in [4.69, 9.17) is 0 Å². The van der Waals surface area contributed by atoms with Crippen molar-refractivity contribution in [2.45, 2.75) is 6.42 Å². The summed E-state index contributed by atoms with van der Waals surface area (Å²) in [5.74, 6) is 6.67. The van der Waals surface area contributed by atoms with E-state index >= 15 is 0 Å². The van der Waals surface area contributed by atoms with Crippen LogP contribution in [0.15, 0.2) is 16.8 Å². The minimum Gasteiger partial charge on any atom is -0.296 e. The van der Waals surface area contributed by atoms with Crippen LogP contribution in [-0.4, -0.2) is 48.1 Å². The van der Waals surface area contributed by atoms with Crippen LogP contribution in [-0.2, 0) is 0 Å². The third kappa shape index (κ3) is 2.51. The Balaban J connectivity index is 1.82. The molecular weight excluding hydrogens is 180 g/mol. The second-order valence-corrected chi connectivity index (χ2v) is 5.58. The summed E-state index contributed by atoms with van der Waals surface area (Å²) < 4.78 is 0. The fraction of sp³-hybridized carbons (Fsp3) is 0.600. The van der Waals surface area contributed by atoms with Gasteiger partial charge in [0, 0.05) is 43.8 Å². The molecule has 2 heterocycles. The lowest BCUT2D eigenvalue weighted by atomic mass is 10.3. The van der Waals surface area contributed by atoms with E-state index in [-0.39, 0.29) is 0 Å². The normalized spacial score (nSPS) is 25.1. The summed E-state index contributed by atoms with van der Waals surface area (Å²) in [7, 11) is 0.436. The number of hydrogen-bond acceptors (Lipinski definition) is 2. The van der Waals surface area contributed by atoms with Gasteiger partial charge < -0.3 is 0 Å². The lowest BCUT2D eigenvalue weighted by molar-refractivity contribution is 0.327. The second-order valence-electron chi connectivity index (χ2n) is 3.54. The highest BCUT2D eigenvalue weighted by Gasteiger charge is 2.13. The monoisotopic (exact) mass is 196 g/mol. The van der Waals surface area contributed by atoms with E-state index in [1.54, 1.807) is 0 Å².